The van der Waals surface area contributed by atoms with E-state index in [9.17, 15) is 9.90 Å². The Morgan fingerprint density at radius 2 is 1.97 bits per heavy atom. The molecule has 3 rings (SSSR count). The van der Waals surface area contributed by atoms with Crippen LogP contribution in [0.1, 0.15) is 65.2 Å². The van der Waals surface area contributed by atoms with Gasteiger partial charge in [-0.05, 0) is 69.5 Å². The minimum atomic E-state index is -1.79. The molecule has 2 unspecified atom stereocenters. The third-order valence-electron chi connectivity index (χ3n) is 7.08. The Hall–Kier alpha value is 0.257. The summed E-state index contributed by atoms with van der Waals surface area (Å²) in [5.41, 5.74) is 0. The van der Waals surface area contributed by atoms with E-state index in [2.05, 4.69) is 49.5 Å². The smallest absolute Gasteiger partial charge is 0.306 e. The van der Waals surface area contributed by atoms with Crippen LogP contribution in [-0.4, -0.2) is 61.1 Å². The van der Waals surface area contributed by atoms with Crippen molar-refractivity contribution in [1.82, 2.24) is 0 Å². The van der Waals surface area contributed by atoms with Crippen molar-refractivity contribution < 1.29 is 28.5 Å². The van der Waals surface area contributed by atoms with Gasteiger partial charge in [0.05, 0.1) is 12.2 Å². The van der Waals surface area contributed by atoms with Crippen LogP contribution in [0.25, 0.3) is 0 Å². The van der Waals surface area contributed by atoms with Gasteiger partial charge in [0.2, 0.25) is 0 Å². The van der Waals surface area contributed by atoms with Crippen LogP contribution < -0.4 is 0 Å². The minimum Gasteiger partial charge on any atom is -0.461 e. The molecule has 7 atom stereocenters. The van der Waals surface area contributed by atoms with E-state index in [0.717, 1.165) is 51.2 Å². The standard InChI is InChI=1S/C24H43IO6Si/c1-16(2)15-32(3,4)29-14-18-17(12-19(25)21-8-7-9-23(27)30-21)20(26)13-22(18)31-24-10-5-6-11-28-24/h16-22,24,26H,5-15H2,1-4H3/t17-,18-,19?,20-,21+,22-,24?/m1/s1. The molecule has 1 saturated carbocycles. The van der Waals surface area contributed by atoms with E-state index in [4.69, 9.17) is 18.6 Å². The van der Waals surface area contributed by atoms with E-state index < -0.39 is 14.4 Å². The van der Waals surface area contributed by atoms with Crippen molar-refractivity contribution in [2.75, 3.05) is 13.2 Å². The predicted octanol–water partition coefficient (Wildman–Crippen LogP) is 5.06. The van der Waals surface area contributed by atoms with Crippen LogP contribution in [0.5, 0.6) is 0 Å². The van der Waals surface area contributed by atoms with Crippen LogP contribution in [-0.2, 0) is 23.4 Å². The Bertz CT molecular complexity index is 597. The van der Waals surface area contributed by atoms with Crippen LogP contribution >= 0.6 is 22.6 Å². The third-order valence-corrected chi connectivity index (χ3v) is 11.1. The van der Waals surface area contributed by atoms with Crippen LogP contribution in [0.3, 0.4) is 0 Å². The second kappa shape index (κ2) is 12.3. The van der Waals surface area contributed by atoms with Crippen molar-refractivity contribution in [3.05, 3.63) is 0 Å². The maximum Gasteiger partial charge on any atom is 0.306 e. The number of alkyl halides is 1. The van der Waals surface area contributed by atoms with Gasteiger partial charge in [0.1, 0.15) is 6.10 Å². The first-order chi connectivity index (χ1) is 15.1. The second-order valence-electron chi connectivity index (χ2n) is 10.9. The summed E-state index contributed by atoms with van der Waals surface area (Å²) >= 11 is 2.42. The number of cyclic esters (lactones) is 1. The number of aliphatic hydroxyl groups is 1. The fourth-order valence-electron chi connectivity index (χ4n) is 5.65. The molecule has 2 saturated heterocycles. The first kappa shape index (κ1) is 26.9. The predicted molar refractivity (Wildman–Crippen MR) is 135 cm³/mol. The Kier molecular flexibility index (Phi) is 10.3. The van der Waals surface area contributed by atoms with Crippen LogP contribution in [0, 0.1) is 17.8 Å². The van der Waals surface area contributed by atoms with Gasteiger partial charge >= 0.3 is 5.97 Å². The average Bonchev–Trinajstić information content (AvgIpc) is 3.00. The van der Waals surface area contributed by atoms with Crippen molar-refractivity contribution in [2.24, 2.45) is 17.8 Å². The lowest BCUT2D eigenvalue weighted by molar-refractivity contribution is -0.198. The fourth-order valence-corrected chi connectivity index (χ4v) is 9.47. The molecule has 8 heteroatoms. The lowest BCUT2D eigenvalue weighted by atomic mass is 9.88. The van der Waals surface area contributed by atoms with Crippen LogP contribution in [0.15, 0.2) is 0 Å². The van der Waals surface area contributed by atoms with Gasteiger partial charge in [-0.2, -0.15) is 0 Å². The molecular formula is C24H43IO6Si. The summed E-state index contributed by atoms with van der Waals surface area (Å²) < 4.78 is 24.7. The number of rotatable bonds is 10. The van der Waals surface area contributed by atoms with E-state index in [-0.39, 0.29) is 40.2 Å². The van der Waals surface area contributed by atoms with Gasteiger partial charge in [0, 0.05) is 35.9 Å². The molecule has 3 fully saturated rings. The van der Waals surface area contributed by atoms with Crippen LogP contribution in [0.4, 0.5) is 0 Å². The van der Waals surface area contributed by atoms with Gasteiger partial charge in [-0.1, -0.05) is 36.4 Å². The molecule has 0 aromatic rings. The molecule has 2 aliphatic heterocycles. The lowest BCUT2D eigenvalue weighted by Gasteiger charge is -2.35. The van der Waals surface area contributed by atoms with Crippen LogP contribution in [0.2, 0.25) is 19.1 Å². The highest BCUT2D eigenvalue weighted by Gasteiger charge is 2.46. The van der Waals surface area contributed by atoms with E-state index in [1.807, 2.05) is 0 Å². The number of aliphatic hydroxyl groups excluding tert-OH is 1. The van der Waals surface area contributed by atoms with Crippen molar-refractivity contribution in [1.29, 1.82) is 0 Å². The van der Waals surface area contributed by atoms with E-state index in [0.29, 0.717) is 25.4 Å². The van der Waals surface area contributed by atoms with Crippen molar-refractivity contribution in [3.8, 4) is 0 Å². The zero-order valence-electron chi connectivity index (χ0n) is 20.3. The summed E-state index contributed by atoms with van der Waals surface area (Å²) in [7, 11) is -1.79. The molecule has 3 aliphatic rings. The fraction of sp³-hybridized carbons (Fsp3) is 0.958. The molecular weight excluding hydrogens is 539 g/mol. The lowest BCUT2D eigenvalue weighted by Crippen LogP contribution is -2.40. The number of esters is 1. The zero-order chi connectivity index (χ0) is 23.3. The van der Waals surface area contributed by atoms with Crippen molar-refractivity contribution >= 4 is 36.9 Å². The maximum atomic E-state index is 11.8. The SMILES string of the molecule is CC(C)C[Si](C)(C)OC[C@@H]1[C@@H](CC(I)[C@@H]2CCCC(=O)O2)[C@H](O)C[C@H]1OC1CCCCO1. The first-order valence-electron chi connectivity index (χ1n) is 12.6. The average molecular weight is 583 g/mol. The number of halogens is 1. The Morgan fingerprint density at radius 3 is 2.62 bits per heavy atom. The first-order valence-corrected chi connectivity index (χ1v) is 16.9. The molecule has 1 aliphatic carbocycles. The van der Waals surface area contributed by atoms with E-state index in [1.165, 1.54) is 0 Å². The Morgan fingerprint density at radius 1 is 1.19 bits per heavy atom. The van der Waals surface area contributed by atoms with Crippen molar-refractivity contribution in [2.45, 2.75) is 113 Å². The maximum absolute atomic E-state index is 11.8. The highest BCUT2D eigenvalue weighted by atomic mass is 127. The Balaban J connectivity index is 1.67. The summed E-state index contributed by atoms with van der Waals surface area (Å²) in [6, 6.07) is 1.12. The van der Waals surface area contributed by atoms with Gasteiger partial charge in [0.25, 0.3) is 0 Å². The number of ether oxygens (including phenoxy) is 3. The molecule has 32 heavy (non-hydrogen) atoms. The molecule has 0 aromatic carbocycles. The van der Waals surface area contributed by atoms with Gasteiger partial charge in [-0.3, -0.25) is 4.79 Å². The molecule has 6 nitrogen and oxygen atoms in total. The highest BCUT2D eigenvalue weighted by Crippen LogP contribution is 2.42. The third kappa shape index (κ3) is 7.90. The summed E-state index contributed by atoms with van der Waals surface area (Å²) in [6.45, 7) is 10.4. The number of carbonyl (C=O) groups excluding carboxylic acids is 1. The molecule has 0 spiro atoms. The zero-order valence-corrected chi connectivity index (χ0v) is 23.4. The largest absolute Gasteiger partial charge is 0.461 e. The molecule has 2 heterocycles. The molecule has 0 aromatic heterocycles. The summed E-state index contributed by atoms with van der Waals surface area (Å²) in [5, 5.41) is 11.1. The normalized spacial score (nSPS) is 35.2. The second-order valence-corrected chi connectivity index (χ2v) is 16.8. The summed E-state index contributed by atoms with van der Waals surface area (Å²) in [6.07, 6.45) is 6.19. The van der Waals surface area contributed by atoms with Gasteiger partial charge in [-0.25, -0.2) is 0 Å². The van der Waals surface area contributed by atoms with E-state index >= 15 is 0 Å². The topological polar surface area (TPSA) is 74.2 Å². The number of carbonyl (C=O) groups is 1. The molecule has 0 amide bonds. The quantitative estimate of drug-likeness (QED) is 0.168. The van der Waals surface area contributed by atoms with Gasteiger partial charge < -0.3 is 23.7 Å². The molecule has 1 N–H and O–H groups in total. The summed E-state index contributed by atoms with van der Waals surface area (Å²) in [5.74, 6) is 0.733. The Labute approximate surface area is 208 Å². The minimum absolute atomic E-state index is 0.0561. The van der Waals surface area contributed by atoms with Gasteiger partial charge in [-0.15, -0.1) is 0 Å². The number of hydrogen-bond acceptors (Lipinski definition) is 6. The van der Waals surface area contributed by atoms with Crippen molar-refractivity contribution in [3.63, 3.8) is 0 Å². The molecule has 186 valence electrons. The van der Waals surface area contributed by atoms with E-state index in [1.54, 1.807) is 0 Å². The van der Waals surface area contributed by atoms with Gasteiger partial charge in [0.15, 0.2) is 14.6 Å². The molecule has 0 radical (unpaired) electrons. The number of hydrogen-bond donors (Lipinski definition) is 1. The highest BCUT2D eigenvalue weighted by molar-refractivity contribution is 14.1. The summed E-state index contributed by atoms with van der Waals surface area (Å²) in [4.78, 5) is 11.8. The monoisotopic (exact) mass is 582 g/mol. The molecule has 0 bridgehead atoms.